The summed E-state index contributed by atoms with van der Waals surface area (Å²) in [5.74, 6) is 0.693. The van der Waals surface area contributed by atoms with Gasteiger partial charge in [-0.1, -0.05) is 36.4 Å². The van der Waals surface area contributed by atoms with E-state index in [0.29, 0.717) is 17.4 Å². The maximum absolute atomic E-state index is 6.18. The van der Waals surface area contributed by atoms with E-state index < -0.39 is 0 Å². The number of nitrogen functional groups attached to an aromatic ring is 1. The van der Waals surface area contributed by atoms with Gasteiger partial charge in [-0.2, -0.15) is 0 Å². The van der Waals surface area contributed by atoms with Crippen LogP contribution >= 0.6 is 11.6 Å². The third kappa shape index (κ3) is 3.09. The minimum absolute atomic E-state index is 0.593. The van der Waals surface area contributed by atoms with Crippen LogP contribution in [0.3, 0.4) is 0 Å². The predicted molar refractivity (Wildman–Crippen MR) is 81.6 cm³/mol. The van der Waals surface area contributed by atoms with E-state index >= 15 is 0 Å². The molecule has 0 spiro atoms. The Balaban J connectivity index is 2.29. The second-order valence-corrected chi connectivity index (χ2v) is 4.59. The first-order valence-electron chi connectivity index (χ1n) is 6.09. The lowest BCUT2D eigenvalue weighted by Crippen LogP contribution is -1.93. The summed E-state index contributed by atoms with van der Waals surface area (Å²) in [5, 5.41) is 0.593. The van der Waals surface area contributed by atoms with Crippen molar-refractivity contribution < 1.29 is 4.74 Å². The van der Waals surface area contributed by atoms with Gasteiger partial charge in [0.1, 0.15) is 5.75 Å². The van der Waals surface area contributed by atoms with Crippen LogP contribution in [0.2, 0.25) is 5.02 Å². The molecule has 0 heterocycles. The molecule has 0 bridgehead atoms. The van der Waals surface area contributed by atoms with Gasteiger partial charge in [0.05, 0.1) is 11.6 Å². The summed E-state index contributed by atoms with van der Waals surface area (Å²) in [6.07, 6.45) is 0. The first-order valence-corrected chi connectivity index (χ1v) is 6.47. The fourth-order valence-corrected chi connectivity index (χ4v) is 2.05. The average Bonchev–Trinajstić information content (AvgIpc) is 2.41. The van der Waals surface area contributed by atoms with E-state index in [1.807, 2.05) is 49.4 Å². The molecule has 0 aliphatic heterocycles. The van der Waals surface area contributed by atoms with Gasteiger partial charge < -0.3 is 10.5 Å². The number of hydrogen-bond donors (Lipinski definition) is 1. The molecule has 0 amide bonds. The van der Waals surface area contributed by atoms with Crippen molar-refractivity contribution >= 4 is 22.9 Å². The summed E-state index contributed by atoms with van der Waals surface area (Å²) in [6, 6.07) is 13.3. The molecule has 2 aromatic carbocycles. The molecular formula is C16H16ClNO. The van der Waals surface area contributed by atoms with Crippen LogP contribution in [0.4, 0.5) is 5.69 Å². The Hall–Kier alpha value is -1.93. The second-order valence-electron chi connectivity index (χ2n) is 4.18. The van der Waals surface area contributed by atoms with Gasteiger partial charge >= 0.3 is 0 Å². The zero-order valence-corrected chi connectivity index (χ0v) is 11.6. The molecule has 19 heavy (non-hydrogen) atoms. The molecule has 2 nitrogen and oxygen atoms in total. The second kappa shape index (κ2) is 5.81. The molecule has 0 aliphatic rings. The summed E-state index contributed by atoms with van der Waals surface area (Å²) >= 11 is 6.18. The first-order chi connectivity index (χ1) is 9.11. The van der Waals surface area contributed by atoms with E-state index in [9.17, 15) is 0 Å². The Morgan fingerprint density at radius 2 is 1.79 bits per heavy atom. The smallest absolute Gasteiger partial charge is 0.137 e. The summed E-state index contributed by atoms with van der Waals surface area (Å²) in [5.41, 5.74) is 9.31. The molecule has 0 fully saturated rings. The summed E-state index contributed by atoms with van der Waals surface area (Å²) < 4.78 is 5.41. The summed E-state index contributed by atoms with van der Waals surface area (Å²) in [4.78, 5) is 0. The molecule has 3 heteroatoms. The summed E-state index contributed by atoms with van der Waals surface area (Å²) in [6.45, 7) is 6.62. The largest absolute Gasteiger partial charge is 0.492 e. The molecular weight excluding hydrogens is 258 g/mol. The number of benzene rings is 2. The Bertz CT molecular complexity index is 590. The maximum atomic E-state index is 6.18. The summed E-state index contributed by atoms with van der Waals surface area (Å²) in [7, 11) is 0. The van der Waals surface area contributed by atoms with Crippen molar-refractivity contribution in [2.45, 2.75) is 6.92 Å². The predicted octanol–water partition coefficient (Wildman–Crippen LogP) is 4.38. The van der Waals surface area contributed by atoms with Gasteiger partial charge in [-0.05, 0) is 47.9 Å². The van der Waals surface area contributed by atoms with Gasteiger partial charge in [0.2, 0.25) is 0 Å². The maximum Gasteiger partial charge on any atom is 0.137 e. The quantitative estimate of drug-likeness (QED) is 0.839. The third-order valence-electron chi connectivity index (χ3n) is 2.84. The minimum Gasteiger partial charge on any atom is -0.492 e. The number of nitrogens with two attached hydrogens (primary N) is 1. The van der Waals surface area contributed by atoms with Gasteiger partial charge in [-0.3, -0.25) is 0 Å². The number of hydrogen-bond acceptors (Lipinski definition) is 2. The number of anilines is 1. The van der Waals surface area contributed by atoms with Crippen molar-refractivity contribution in [2.75, 3.05) is 12.3 Å². The standard InChI is InChI=1S/C16H16ClNO/c1-3-19-16-9-6-13(10-15(16)17)11(2)12-4-7-14(18)8-5-12/h4-10H,2-3,18H2,1H3. The van der Waals surface area contributed by atoms with Crippen molar-refractivity contribution in [2.24, 2.45) is 0 Å². The van der Waals surface area contributed by atoms with Gasteiger partial charge in [-0.15, -0.1) is 0 Å². The Morgan fingerprint density at radius 3 is 2.37 bits per heavy atom. The topological polar surface area (TPSA) is 35.2 Å². The Morgan fingerprint density at radius 1 is 1.16 bits per heavy atom. The van der Waals surface area contributed by atoms with E-state index in [1.165, 1.54) is 0 Å². The molecule has 0 saturated carbocycles. The number of ether oxygens (including phenoxy) is 1. The van der Waals surface area contributed by atoms with Crippen LogP contribution in [0.25, 0.3) is 5.57 Å². The molecule has 0 aliphatic carbocycles. The molecule has 2 aromatic rings. The zero-order valence-electron chi connectivity index (χ0n) is 10.8. The first kappa shape index (κ1) is 13.5. The normalized spacial score (nSPS) is 10.2. The highest BCUT2D eigenvalue weighted by Gasteiger charge is 2.06. The van der Waals surface area contributed by atoms with Crippen LogP contribution in [-0.4, -0.2) is 6.61 Å². The van der Waals surface area contributed by atoms with Crippen molar-refractivity contribution in [3.05, 3.63) is 65.2 Å². The molecule has 0 unspecified atom stereocenters. The molecule has 98 valence electrons. The number of halogens is 1. The van der Waals surface area contributed by atoms with Crippen LogP contribution in [-0.2, 0) is 0 Å². The van der Waals surface area contributed by atoms with Gasteiger partial charge in [0.15, 0.2) is 0 Å². The molecule has 0 radical (unpaired) electrons. The molecule has 0 saturated heterocycles. The van der Waals surface area contributed by atoms with Gasteiger partial charge in [-0.25, -0.2) is 0 Å². The molecule has 0 atom stereocenters. The van der Waals surface area contributed by atoms with Crippen LogP contribution in [0, 0.1) is 0 Å². The monoisotopic (exact) mass is 273 g/mol. The fourth-order valence-electron chi connectivity index (χ4n) is 1.81. The van der Waals surface area contributed by atoms with Gasteiger partial charge in [0.25, 0.3) is 0 Å². The van der Waals surface area contributed by atoms with E-state index in [2.05, 4.69) is 6.58 Å². The fraction of sp³-hybridized carbons (Fsp3) is 0.125. The minimum atomic E-state index is 0.593. The zero-order chi connectivity index (χ0) is 13.8. The third-order valence-corrected chi connectivity index (χ3v) is 3.13. The van der Waals surface area contributed by atoms with Gasteiger partial charge in [0, 0.05) is 5.69 Å². The Labute approximate surface area is 118 Å². The lowest BCUT2D eigenvalue weighted by molar-refractivity contribution is 0.340. The van der Waals surface area contributed by atoms with Crippen LogP contribution in [0.1, 0.15) is 18.1 Å². The highest BCUT2D eigenvalue weighted by atomic mass is 35.5. The van der Waals surface area contributed by atoms with Crippen LogP contribution in [0.15, 0.2) is 49.0 Å². The van der Waals surface area contributed by atoms with Crippen LogP contribution in [0.5, 0.6) is 5.75 Å². The van der Waals surface area contributed by atoms with E-state index in [-0.39, 0.29) is 0 Å². The average molecular weight is 274 g/mol. The number of rotatable bonds is 4. The van der Waals surface area contributed by atoms with Crippen LogP contribution < -0.4 is 10.5 Å². The lowest BCUT2D eigenvalue weighted by Gasteiger charge is -2.10. The van der Waals surface area contributed by atoms with Crippen molar-refractivity contribution in [3.63, 3.8) is 0 Å². The van der Waals surface area contributed by atoms with Crippen molar-refractivity contribution in [1.29, 1.82) is 0 Å². The SMILES string of the molecule is C=C(c1ccc(N)cc1)c1ccc(OCC)c(Cl)c1. The van der Waals surface area contributed by atoms with Crippen molar-refractivity contribution in [3.8, 4) is 5.75 Å². The van der Waals surface area contributed by atoms with Crippen molar-refractivity contribution in [1.82, 2.24) is 0 Å². The van der Waals surface area contributed by atoms with E-state index in [0.717, 1.165) is 22.4 Å². The van der Waals surface area contributed by atoms with E-state index in [1.54, 1.807) is 0 Å². The molecule has 2 N–H and O–H groups in total. The molecule has 2 rings (SSSR count). The highest BCUT2D eigenvalue weighted by Crippen LogP contribution is 2.30. The highest BCUT2D eigenvalue weighted by molar-refractivity contribution is 6.32. The Kier molecular flexibility index (Phi) is 4.13. The molecule has 0 aromatic heterocycles. The van der Waals surface area contributed by atoms with E-state index in [4.69, 9.17) is 22.1 Å². The lowest BCUT2D eigenvalue weighted by atomic mass is 9.99.